The van der Waals surface area contributed by atoms with Crippen LogP contribution in [0.2, 0.25) is 0 Å². The van der Waals surface area contributed by atoms with Gasteiger partial charge in [0.1, 0.15) is 11.6 Å². The number of hydrogen-bond donors (Lipinski definition) is 2. The van der Waals surface area contributed by atoms with E-state index in [9.17, 15) is 14.0 Å². The Morgan fingerprint density at radius 2 is 2.05 bits per heavy atom. The first-order chi connectivity index (χ1) is 9.49. The lowest BCUT2D eigenvalue weighted by molar-refractivity contribution is 0.0696. The number of nitrogens with one attached hydrogen (secondary N) is 1. The lowest BCUT2D eigenvalue weighted by Gasteiger charge is -2.06. The number of benzene rings is 1. The van der Waals surface area contributed by atoms with Crippen molar-refractivity contribution < 1.29 is 19.1 Å². The van der Waals surface area contributed by atoms with Crippen molar-refractivity contribution in [1.29, 1.82) is 0 Å². The van der Waals surface area contributed by atoms with E-state index in [1.54, 1.807) is 0 Å². The summed E-state index contributed by atoms with van der Waals surface area (Å²) in [5.41, 5.74) is -0.188. The van der Waals surface area contributed by atoms with Crippen LogP contribution in [0.15, 0.2) is 41.0 Å². The Labute approximate surface area is 121 Å². The van der Waals surface area contributed by atoms with E-state index in [2.05, 4.69) is 26.2 Å². The van der Waals surface area contributed by atoms with Crippen LogP contribution in [-0.4, -0.2) is 22.0 Å². The number of carbonyl (C=O) groups excluding carboxylic acids is 1. The molecule has 2 N–H and O–H groups in total. The van der Waals surface area contributed by atoms with Crippen molar-refractivity contribution >= 4 is 33.6 Å². The molecule has 7 heteroatoms. The maximum absolute atomic E-state index is 13.7. The number of amides is 1. The number of nitrogens with zero attached hydrogens (tertiary/aromatic N) is 1. The third-order valence-corrected chi connectivity index (χ3v) is 3.06. The van der Waals surface area contributed by atoms with Gasteiger partial charge in [0.05, 0.1) is 15.6 Å². The summed E-state index contributed by atoms with van der Waals surface area (Å²) in [6.07, 6.45) is 1.25. The minimum atomic E-state index is -1.14. The summed E-state index contributed by atoms with van der Waals surface area (Å²) < 4.78 is 13.9. The topological polar surface area (TPSA) is 79.3 Å². The Bertz CT molecular complexity index is 691. The van der Waals surface area contributed by atoms with Crippen molar-refractivity contribution in [2.75, 3.05) is 5.32 Å². The highest BCUT2D eigenvalue weighted by Crippen LogP contribution is 2.19. The molecule has 0 atom stereocenters. The number of carboxylic acid groups (broad SMARTS) is 1. The fraction of sp³-hybridized carbons (Fsp3) is 0. The van der Waals surface area contributed by atoms with Crippen LogP contribution in [-0.2, 0) is 0 Å². The zero-order valence-electron chi connectivity index (χ0n) is 9.93. The number of aromatic carboxylic acids is 1. The van der Waals surface area contributed by atoms with Gasteiger partial charge in [-0.25, -0.2) is 14.2 Å². The molecule has 0 aliphatic rings. The van der Waals surface area contributed by atoms with Gasteiger partial charge in [0.25, 0.3) is 5.91 Å². The first kappa shape index (κ1) is 14.1. The van der Waals surface area contributed by atoms with Crippen LogP contribution in [0.3, 0.4) is 0 Å². The summed E-state index contributed by atoms with van der Waals surface area (Å²) in [6.45, 7) is 0. The second-order valence-electron chi connectivity index (χ2n) is 3.79. The number of aromatic nitrogens is 1. The lowest BCUT2D eigenvalue weighted by Crippen LogP contribution is -2.15. The normalized spacial score (nSPS) is 10.1. The first-order valence-electron chi connectivity index (χ1n) is 5.44. The molecular formula is C13H8BrFN2O3. The van der Waals surface area contributed by atoms with Gasteiger partial charge >= 0.3 is 5.97 Å². The SMILES string of the molecule is O=C(O)c1ccnc(NC(=O)c2cccc(Br)c2F)c1. The Balaban J connectivity index is 2.26. The molecule has 1 amide bonds. The maximum Gasteiger partial charge on any atom is 0.335 e. The van der Waals surface area contributed by atoms with Crippen LogP contribution in [0, 0.1) is 5.82 Å². The smallest absolute Gasteiger partial charge is 0.335 e. The van der Waals surface area contributed by atoms with E-state index in [4.69, 9.17) is 5.11 Å². The van der Waals surface area contributed by atoms with Gasteiger partial charge in [-0.2, -0.15) is 0 Å². The van der Waals surface area contributed by atoms with E-state index in [-0.39, 0.29) is 21.4 Å². The van der Waals surface area contributed by atoms with E-state index in [1.807, 2.05) is 0 Å². The van der Waals surface area contributed by atoms with Crippen LogP contribution in [0.4, 0.5) is 10.2 Å². The summed E-state index contributed by atoms with van der Waals surface area (Å²) in [4.78, 5) is 26.5. The quantitative estimate of drug-likeness (QED) is 0.901. The molecule has 0 saturated carbocycles. The molecule has 102 valence electrons. The number of halogens is 2. The molecule has 1 aromatic carbocycles. The average Bonchev–Trinajstić information content (AvgIpc) is 2.42. The van der Waals surface area contributed by atoms with E-state index < -0.39 is 17.7 Å². The van der Waals surface area contributed by atoms with Crippen LogP contribution in [0.1, 0.15) is 20.7 Å². The maximum atomic E-state index is 13.7. The zero-order valence-corrected chi connectivity index (χ0v) is 11.5. The minimum Gasteiger partial charge on any atom is -0.478 e. The molecule has 2 rings (SSSR count). The summed E-state index contributed by atoms with van der Waals surface area (Å²) in [5.74, 6) is -2.51. The van der Waals surface area contributed by atoms with Crippen molar-refractivity contribution in [2.45, 2.75) is 0 Å². The highest BCUT2D eigenvalue weighted by molar-refractivity contribution is 9.10. The molecule has 1 heterocycles. The number of carbonyl (C=O) groups is 2. The molecule has 0 bridgehead atoms. The van der Waals surface area contributed by atoms with Gasteiger partial charge in [-0.15, -0.1) is 0 Å². The summed E-state index contributed by atoms with van der Waals surface area (Å²) in [5, 5.41) is 11.2. The number of rotatable bonds is 3. The molecule has 0 aliphatic heterocycles. The fourth-order valence-corrected chi connectivity index (χ4v) is 1.86. The van der Waals surface area contributed by atoms with Gasteiger partial charge in [0, 0.05) is 6.20 Å². The van der Waals surface area contributed by atoms with Gasteiger partial charge in [-0.3, -0.25) is 4.79 Å². The average molecular weight is 339 g/mol. The lowest BCUT2D eigenvalue weighted by atomic mass is 10.2. The summed E-state index contributed by atoms with van der Waals surface area (Å²) in [7, 11) is 0. The predicted molar refractivity (Wildman–Crippen MR) is 73.2 cm³/mol. The first-order valence-corrected chi connectivity index (χ1v) is 6.23. The highest BCUT2D eigenvalue weighted by atomic mass is 79.9. The van der Waals surface area contributed by atoms with Crippen molar-refractivity contribution in [3.63, 3.8) is 0 Å². The minimum absolute atomic E-state index is 0.0231. The van der Waals surface area contributed by atoms with Crippen LogP contribution in [0.25, 0.3) is 0 Å². The third-order valence-electron chi connectivity index (χ3n) is 2.44. The molecule has 0 unspecified atom stereocenters. The number of anilines is 1. The van der Waals surface area contributed by atoms with Crippen molar-refractivity contribution in [1.82, 2.24) is 4.98 Å². The summed E-state index contributed by atoms with van der Waals surface area (Å²) in [6, 6.07) is 6.78. The molecule has 0 saturated heterocycles. The Morgan fingerprint density at radius 1 is 1.30 bits per heavy atom. The van der Waals surface area contributed by atoms with E-state index in [0.717, 1.165) is 0 Å². The van der Waals surface area contributed by atoms with Crippen molar-refractivity contribution in [3.05, 3.63) is 57.9 Å². The van der Waals surface area contributed by atoms with Gasteiger partial charge in [-0.1, -0.05) is 6.07 Å². The van der Waals surface area contributed by atoms with Gasteiger partial charge in [0.15, 0.2) is 0 Å². The molecule has 5 nitrogen and oxygen atoms in total. The second-order valence-corrected chi connectivity index (χ2v) is 4.64. The molecular weight excluding hydrogens is 331 g/mol. The molecule has 0 spiro atoms. The highest BCUT2D eigenvalue weighted by Gasteiger charge is 2.15. The fourth-order valence-electron chi connectivity index (χ4n) is 1.49. The zero-order chi connectivity index (χ0) is 14.7. The van der Waals surface area contributed by atoms with E-state index in [1.165, 1.54) is 36.5 Å². The molecule has 20 heavy (non-hydrogen) atoms. The summed E-state index contributed by atoms with van der Waals surface area (Å²) >= 11 is 2.98. The Morgan fingerprint density at radius 3 is 2.75 bits per heavy atom. The molecule has 0 aliphatic carbocycles. The molecule has 0 radical (unpaired) electrons. The van der Waals surface area contributed by atoms with Gasteiger partial charge < -0.3 is 10.4 Å². The Kier molecular flexibility index (Phi) is 4.09. The van der Waals surface area contributed by atoms with Crippen LogP contribution >= 0.6 is 15.9 Å². The van der Waals surface area contributed by atoms with Crippen molar-refractivity contribution in [3.8, 4) is 0 Å². The van der Waals surface area contributed by atoms with Gasteiger partial charge in [-0.05, 0) is 40.2 Å². The molecule has 0 fully saturated rings. The Hall–Kier alpha value is -2.28. The monoisotopic (exact) mass is 338 g/mol. The van der Waals surface area contributed by atoms with E-state index in [0.29, 0.717) is 0 Å². The number of pyridine rings is 1. The number of carboxylic acids is 1. The van der Waals surface area contributed by atoms with Crippen molar-refractivity contribution in [2.24, 2.45) is 0 Å². The standard InChI is InChI=1S/C13H8BrFN2O3/c14-9-3-1-2-8(11(9)15)12(18)17-10-6-7(13(19)20)4-5-16-10/h1-6H,(H,19,20)(H,16,17,18). The predicted octanol–water partition coefficient (Wildman–Crippen LogP) is 2.93. The van der Waals surface area contributed by atoms with Crippen LogP contribution in [0.5, 0.6) is 0 Å². The van der Waals surface area contributed by atoms with E-state index >= 15 is 0 Å². The second kappa shape index (κ2) is 5.79. The number of hydrogen-bond acceptors (Lipinski definition) is 3. The van der Waals surface area contributed by atoms with Gasteiger partial charge in [0.2, 0.25) is 0 Å². The molecule has 2 aromatic rings. The van der Waals surface area contributed by atoms with Crippen LogP contribution < -0.4 is 5.32 Å². The molecule has 1 aromatic heterocycles. The largest absolute Gasteiger partial charge is 0.478 e. The third kappa shape index (κ3) is 3.00.